The van der Waals surface area contributed by atoms with E-state index in [-0.39, 0.29) is 11.6 Å². The normalized spacial score (nSPS) is 11.7. The van der Waals surface area contributed by atoms with Crippen LogP contribution in [-0.4, -0.2) is 37.4 Å². The number of hydrogen-bond acceptors (Lipinski definition) is 5. The summed E-state index contributed by atoms with van der Waals surface area (Å²) in [6.07, 6.45) is -0.427. The van der Waals surface area contributed by atoms with Gasteiger partial charge in [-0.15, -0.1) is 0 Å². The predicted octanol–water partition coefficient (Wildman–Crippen LogP) is 2.98. The monoisotopic (exact) mass is 396 g/mol. The molecule has 2 rings (SSSR count). The predicted molar refractivity (Wildman–Crippen MR) is 102 cm³/mol. The molecule has 0 aromatic heterocycles. The lowest BCUT2D eigenvalue weighted by molar-refractivity contribution is -0.118. The summed E-state index contributed by atoms with van der Waals surface area (Å²) in [4.78, 5) is 12.0. The van der Waals surface area contributed by atoms with Crippen molar-refractivity contribution in [3.05, 3.63) is 52.8 Å². The van der Waals surface area contributed by atoms with Crippen molar-refractivity contribution in [1.29, 1.82) is 0 Å². The van der Waals surface area contributed by atoms with Gasteiger partial charge in [0.2, 0.25) is 0 Å². The molecule has 1 unspecified atom stereocenters. The lowest BCUT2D eigenvalue weighted by atomic mass is 10.2. The zero-order valence-electron chi connectivity index (χ0n) is 15.1. The van der Waals surface area contributed by atoms with Gasteiger partial charge in [0.25, 0.3) is 5.91 Å². The second-order valence-corrected chi connectivity index (χ2v) is 6.34. The van der Waals surface area contributed by atoms with Crippen molar-refractivity contribution >= 4 is 23.2 Å². The summed E-state index contributed by atoms with van der Waals surface area (Å²) in [6, 6.07) is 9.25. The number of rotatable bonds is 9. The molecule has 27 heavy (non-hydrogen) atoms. The van der Waals surface area contributed by atoms with E-state index in [2.05, 4.69) is 10.6 Å². The van der Waals surface area contributed by atoms with Crippen LogP contribution in [0, 0.1) is 5.82 Å². The molecule has 0 bridgehead atoms. The summed E-state index contributed by atoms with van der Waals surface area (Å²) in [5.74, 6) is -0.0610. The first kappa shape index (κ1) is 21.0. The fourth-order valence-electron chi connectivity index (χ4n) is 2.28. The summed E-state index contributed by atoms with van der Waals surface area (Å²) in [5.41, 5.74) is 1.33. The molecule has 0 radical (unpaired) electrons. The Labute approximate surface area is 162 Å². The minimum Gasteiger partial charge on any atom is -0.493 e. The summed E-state index contributed by atoms with van der Waals surface area (Å²) in [5, 5.41) is 14.9. The van der Waals surface area contributed by atoms with Gasteiger partial charge in [-0.25, -0.2) is 4.39 Å². The molecule has 3 N–H and O–H groups in total. The van der Waals surface area contributed by atoms with Crippen LogP contribution >= 0.6 is 11.6 Å². The smallest absolute Gasteiger partial charge is 0.262 e. The van der Waals surface area contributed by atoms with Crippen molar-refractivity contribution < 1.29 is 23.8 Å². The van der Waals surface area contributed by atoms with Gasteiger partial charge in [-0.3, -0.25) is 4.79 Å². The maximum atomic E-state index is 13.1. The maximum absolute atomic E-state index is 13.1. The molecule has 2 aromatic carbocycles. The van der Waals surface area contributed by atoms with Crippen LogP contribution < -0.4 is 20.1 Å². The fourth-order valence-corrected chi connectivity index (χ4v) is 2.46. The first-order chi connectivity index (χ1) is 12.9. The van der Waals surface area contributed by atoms with E-state index >= 15 is 0 Å². The molecule has 8 heteroatoms. The minimum absolute atomic E-state index is 0.0739. The molecule has 1 amide bonds. The minimum atomic E-state index is -0.557. The molecular formula is C19H22ClFN2O4. The van der Waals surface area contributed by atoms with Gasteiger partial charge in [0, 0.05) is 18.8 Å². The standard InChI is InChI=1S/C19H22ClFN2O4/c1-12(24)9-22-10-13-3-6-17(18(7-13)26-2)27-11-19(25)23-14-4-5-16(21)15(20)8-14/h3-8,12,22,24H,9-11H2,1-2H3,(H,23,25). The molecular weight excluding hydrogens is 375 g/mol. The molecule has 1 atom stereocenters. The van der Waals surface area contributed by atoms with Crippen molar-refractivity contribution in [3.63, 3.8) is 0 Å². The zero-order valence-corrected chi connectivity index (χ0v) is 15.8. The molecule has 0 saturated heterocycles. The first-order valence-electron chi connectivity index (χ1n) is 8.32. The highest BCUT2D eigenvalue weighted by molar-refractivity contribution is 6.31. The molecule has 0 heterocycles. The number of halogens is 2. The Balaban J connectivity index is 1.91. The van der Waals surface area contributed by atoms with E-state index in [1.165, 1.54) is 25.3 Å². The fraction of sp³-hybridized carbons (Fsp3) is 0.316. The van der Waals surface area contributed by atoms with Crippen LogP contribution in [0.1, 0.15) is 12.5 Å². The van der Waals surface area contributed by atoms with Gasteiger partial charge in [0.05, 0.1) is 18.2 Å². The third-order valence-electron chi connectivity index (χ3n) is 3.56. The second-order valence-electron chi connectivity index (χ2n) is 5.93. The third kappa shape index (κ3) is 6.71. The number of carbonyl (C=O) groups excluding carboxylic acids is 1. The van der Waals surface area contributed by atoms with E-state index in [1.807, 2.05) is 6.07 Å². The topological polar surface area (TPSA) is 79.8 Å². The van der Waals surface area contributed by atoms with Crippen LogP contribution in [0.4, 0.5) is 10.1 Å². The highest BCUT2D eigenvalue weighted by Crippen LogP contribution is 2.28. The number of amides is 1. The second kappa shape index (κ2) is 10.1. The number of carbonyl (C=O) groups is 1. The zero-order chi connectivity index (χ0) is 19.8. The Morgan fingerprint density at radius 2 is 2.04 bits per heavy atom. The molecule has 0 aliphatic carbocycles. The van der Waals surface area contributed by atoms with Gasteiger partial charge in [-0.05, 0) is 42.8 Å². The van der Waals surface area contributed by atoms with Gasteiger partial charge >= 0.3 is 0 Å². The van der Waals surface area contributed by atoms with Crippen LogP contribution in [0.5, 0.6) is 11.5 Å². The lowest BCUT2D eigenvalue weighted by Crippen LogP contribution is -2.23. The van der Waals surface area contributed by atoms with E-state index in [0.717, 1.165) is 5.56 Å². The van der Waals surface area contributed by atoms with E-state index in [0.29, 0.717) is 30.3 Å². The first-order valence-corrected chi connectivity index (χ1v) is 8.70. The van der Waals surface area contributed by atoms with Gasteiger partial charge in [0.15, 0.2) is 18.1 Å². The summed E-state index contributed by atoms with van der Waals surface area (Å²) < 4.78 is 23.9. The van der Waals surface area contributed by atoms with Crippen molar-refractivity contribution in [2.24, 2.45) is 0 Å². The molecule has 6 nitrogen and oxygen atoms in total. The number of anilines is 1. The molecule has 0 saturated carbocycles. The van der Waals surface area contributed by atoms with Crippen molar-refractivity contribution in [2.75, 3.05) is 25.6 Å². The molecule has 2 aromatic rings. The SMILES string of the molecule is COc1cc(CNCC(C)O)ccc1OCC(=O)Nc1ccc(F)c(Cl)c1. The van der Waals surface area contributed by atoms with E-state index in [9.17, 15) is 14.3 Å². The van der Waals surface area contributed by atoms with E-state index < -0.39 is 17.8 Å². The van der Waals surface area contributed by atoms with Crippen molar-refractivity contribution in [3.8, 4) is 11.5 Å². The summed E-state index contributed by atoms with van der Waals surface area (Å²) in [6.45, 7) is 2.50. The Hall–Kier alpha value is -2.35. The van der Waals surface area contributed by atoms with Crippen molar-refractivity contribution in [2.45, 2.75) is 19.6 Å². The number of nitrogens with one attached hydrogen (secondary N) is 2. The average Bonchev–Trinajstić information content (AvgIpc) is 2.63. The molecule has 0 spiro atoms. The molecule has 0 aliphatic heterocycles. The number of aliphatic hydroxyl groups is 1. The molecule has 0 fully saturated rings. The van der Waals surface area contributed by atoms with Crippen LogP contribution in [0.15, 0.2) is 36.4 Å². The number of aliphatic hydroxyl groups excluding tert-OH is 1. The average molecular weight is 397 g/mol. The number of benzene rings is 2. The van der Waals surface area contributed by atoms with Crippen LogP contribution in [0.3, 0.4) is 0 Å². The Morgan fingerprint density at radius 3 is 2.70 bits per heavy atom. The van der Waals surface area contributed by atoms with Crippen LogP contribution in [0.25, 0.3) is 0 Å². The van der Waals surface area contributed by atoms with Gasteiger partial charge < -0.3 is 25.2 Å². The number of methoxy groups -OCH3 is 1. The summed E-state index contributed by atoms with van der Waals surface area (Å²) in [7, 11) is 1.51. The summed E-state index contributed by atoms with van der Waals surface area (Å²) >= 11 is 5.68. The quantitative estimate of drug-likeness (QED) is 0.607. The molecule has 146 valence electrons. The lowest BCUT2D eigenvalue weighted by Gasteiger charge is -2.13. The van der Waals surface area contributed by atoms with Gasteiger partial charge in [-0.1, -0.05) is 17.7 Å². The van der Waals surface area contributed by atoms with E-state index in [4.69, 9.17) is 21.1 Å². The highest BCUT2D eigenvalue weighted by Gasteiger charge is 2.10. The van der Waals surface area contributed by atoms with Crippen LogP contribution in [0.2, 0.25) is 5.02 Å². The molecule has 0 aliphatic rings. The van der Waals surface area contributed by atoms with Gasteiger partial charge in [-0.2, -0.15) is 0 Å². The Kier molecular flexibility index (Phi) is 7.84. The Morgan fingerprint density at radius 1 is 1.26 bits per heavy atom. The Bertz CT molecular complexity index is 786. The highest BCUT2D eigenvalue weighted by atomic mass is 35.5. The largest absolute Gasteiger partial charge is 0.493 e. The van der Waals surface area contributed by atoms with Crippen molar-refractivity contribution in [1.82, 2.24) is 5.32 Å². The maximum Gasteiger partial charge on any atom is 0.262 e. The third-order valence-corrected chi connectivity index (χ3v) is 3.85. The number of ether oxygens (including phenoxy) is 2. The van der Waals surface area contributed by atoms with Crippen LogP contribution in [-0.2, 0) is 11.3 Å². The van der Waals surface area contributed by atoms with E-state index in [1.54, 1.807) is 19.1 Å². The van der Waals surface area contributed by atoms with Gasteiger partial charge in [0.1, 0.15) is 5.82 Å². The number of hydrogen-bond donors (Lipinski definition) is 3.